The van der Waals surface area contributed by atoms with Crippen LogP contribution in [0.15, 0.2) is 52.3 Å². The number of alkyl halides is 3. The number of carbonyl (C=O) groups is 1. The van der Waals surface area contributed by atoms with Gasteiger partial charge < -0.3 is 9.84 Å². The number of carboxylic acid groups (broad SMARTS) is 1. The lowest BCUT2D eigenvalue weighted by molar-refractivity contribution is -0.139. The van der Waals surface area contributed by atoms with Crippen LogP contribution >= 0.6 is 11.8 Å². The van der Waals surface area contributed by atoms with E-state index in [1.54, 1.807) is 30.3 Å². The van der Waals surface area contributed by atoms with Gasteiger partial charge in [0.2, 0.25) is 0 Å². The summed E-state index contributed by atoms with van der Waals surface area (Å²) in [7, 11) is 1.19. The summed E-state index contributed by atoms with van der Waals surface area (Å²) in [5.41, 5.74) is -0.194. The molecule has 2 aromatic carbocycles. The van der Waals surface area contributed by atoms with E-state index in [-0.39, 0.29) is 12.2 Å². The summed E-state index contributed by atoms with van der Waals surface area (Å²) in [6.07, 6.45) is -4.58. The molecule has 0 unspecified atom stereocenters. The van der Waals surface area contributed by atoms with Crippen molar-refractivity contribution in [2.75, 3.05) is 7.11 Å². The highest BCUT2D eigenvalue weighted by Crippen LogP contribution is 2.39. The highest BCUT2D eigenvalue weighted by Gasteiger charge is 2.34. The van der Waals surface area contributed by atoms with E-state index in [9.17, 15) is 18.0 Å². The van der Waals surface area contributed by atoms with Crippen molar-refractivity contribution >= 4 is 17.7 Å². The van der Waals surface area contributed by atoms with Gasteiger partial charge in [-0.15, -0.1) is 0 Å². The third kappa shape index (κ3) is 4.66. The zero-order valence-electron chi connectivity index (χ0n) is 12.1. The maximum atomic E-state index is 13.0. The SMILES string of the molecule is COc1ccc(Sc2ccc(CC(=O)O)cc2)cc1C(F)(F)F. The average Bonchev–Trinajstić information content (AvgIpc) is 2.48. The Balaban J connectivity index is 2.21. The summed E-state index contributed by atoms with van der Waals surface area (Å²) in [5, 5.41) is 8.70. The van der Waals surface area contributed by atoms with E-state index >= 15 is 0 Å². The van der Waals surface area contributed by atoms with E-state index in [4.69, 9.17) is 9.84 Å². The van der Waals surface area contributed by atoms with Crippen molar-refractivity contribution in [2.45, 2.75) is 22.4 Å². The smallest absolute Gasteiger partial charge is 0.420 e. The Labute approximate surface area is 135 Å². The molecule has 23 heavy (non-hydrogen) atoms. The van der Waals surface area contributed by atoms with Crippen LogP contribution < -0.4 is 4.74 Å². The van der Waals surface area contributed by atoms with Gasteiger partial charge >= 0.3 is 12.1 Å². The normalized spacial score (nSPS) is 11.3. The topological polar surface area (TPSA) is 46.5 Å². The number of rotatable bonds is 5. The standard InChI is InChI=1S/C16H13F3O3S/c1-22-14-7-6-12(9-13(14)16(17,18)19)23-11-4-2-10(3-5-11)8-15(20)21/h2-7,9H,8H2,1H3,(H,20,21). The summed E-state index contributed by atoms with van der Waals surface area (Å²) in [6, 6.07) is 10.5. The molecule has 0 aliphatic rings. The van der Waals surface area contributed by atoms with E-state index in [0.717, 1.165) is 22.7 Å². The van der Waals surface area contributed by atoms with Gasteiger partial charge in [-0.25, -0.2) is 0 Å². The fourth-order valence-electron chi connectivity index (χ4n) is 1.96. The van der Waals surface area contributed by atoms with Crippen molar-refractivity contribution in [3.8, 4) is 5.75 Å². The number of benzene rings is 2. The van der Waals surface area contributed by atoms with E-state index in [1.165, 1.54) is 13.2 Å². The minimum Gasteiger partial charge on any atom is -0.496 e. The molecule has 122 valence electrons. The van der Waals surface area contributed by atoms with E-state index in [1.807, 2.05) is 0 Å². The van der Waals surface area contributed by atoms with Crippen molar-refractivity contribution < 1.29 is 27.8 Å². The van der Waals surface area contributed by atoms with Crippen molar-refractivity contribution in [1.82, 2.24) is 0 Å². The van der Waals surface area contributed by atoms with Crippen LogP contribution in [0.1, 0.15) is 11.1 Å². The van der Waals surface area contributed by atoms with Gasteiger partial charge in [-0.05, 0) is 35.9 Å². The quantitative estimate of drug-likeness (QED) is 0.869. The molecule has 0 bridgehead atoms. The summed E-state index contributed by atoms with van der Waals surface area (Å²) >= 11 is 1.16. The third-order valence-electron chi connectivity index (χ3n) is 2.99. The van der Waals surface area contributed by atoms with Gasteiger partial charge in [-0.1, -0.05) is 23.9 Å². The van der Waals surface area contributed by atoms with Crippen LogP contribution in [-0.4, -0.2) is 18.2 Å². The highest BCUT2D eigenvalue weighted by atomic mass is 32.2. The minimum atomic E-state index is -4.49. The number of ether oxygens (including phenoxy) is 1. The largest absolute Gasteiger partial charge is 0.496 e. The van der Waals surface area contributed by atoms with Crippen LogP contribution in [-0.2, 0) is 17.4 Å². The van der Waals surface area contributed by atoms with Gasteiger partial charge in [-0.2, -0.15) is 13.2 Å². The van der Waals surface area contributed by atoms with Crippen molar-refractivity contribution in [3.63, 3.8) is 0 Å². The maximum Gasteiger partial charge on any atom is 0.420 e. The predicted molar refractivity (Wildman–Crippen MR) is 79.9 cm³/mol. The van der Waals surface area contributed by atoms with E-state index in [0.29, 0.717) is 10.5 Å². The fourth-order valence-corrected chi connectivity index (χ4v) is 2.82. The van der Waals surface area contributed by atoms with Crippen LogP contribution in [0.3, 0.4) is 0 Å². The van der Waals surface area contributed by atoms with Crippen molar-refractivity contribution in [2.24, 2.45) is 0 Å². The molecule has 0 aliphatic heterocycles. The molecule has 3 nitrogen and oxygen atoms in total. The molecule has 0 saturated heterocycles. The predicted octanol–water partition coefficient (Wildman–Crippen LogP) is 4.49. The molecular formula is C16H13F3O3S. The molecule has 2 rings (SSSR count). The van der Waals surface area contributed by atoms with Crippen LogP contribution in [0.25, 0.3) is 0 Å². The molecule has 2 aromatic rings. The lowest BCUT2D eigenvalue weighted by atomic mass is 10.2. The lowest BCUT2D eigenvalue weighted by Crippen LogP contribution is -2.07. The van der Waals surface area contributed by atoms with Gasteiger partial charge in [0.05, 0.1) is 19.1 Å². The van der Waals surface area contributed by atoms with Crippen molar-refractivity contribution in [3.05, 3.63) is 53.6 Å². The first-order chi connectivity index (χ1) is 10.8. The third-order valence-corrected chi connectivity index (χ3v) is 3.99. The molecule has 0 aliphatic carbocycles. The summed E-state index contributed by atoms with van der Waals surface area (Å²) in [6.45, 7) is 0. The first kappa shape index (κ1) is 17.2. The number of aliphatic carboxylic acids is 1. The Hall–Kier alpha value is -2.15. The van der Waals surface area contributed by atoms with Gasteiger partial charge in [-0.3, -0.25) is 4.79 Å². The van der Waals surface area contributed by atoms with E-state index < -0.39 is 17.7 Å². The second-order valence-electron chi connectivity index (χ2n) is 4.68. The second kappa shape index (κ2) is 6.95. The maximum absolute atomic E-state index is 13.0. The first-order valence-electron chi connectivity index (χ1n) is 6.53. The Morgan fingerprint density at radius 3 is 2.26 bits per heavy atom. The molecule has 0 saturated carbocycles. The zero-order chi connectivity index (χ0) is 17.0. The minimum absolute atomic E-state index is 0.0916. The molecule has 0 heterocycles. The molecule has 7 heteroatoms. The number of halogens is 3. The Bertz CT molecular complexity index is 697. The van der Waals surface area contributed by atoms with Crippen LogP contribution in [0.5, 0.6) is 5.75 Å². The molecule has 0 radical (unpaired) electrons. The fraction of sp³-hybridized carbons (Fsp3) is 0.188. The molecule has 0 aromatic heterocycles. The molecule has 0 spiro atoms. The van der Waals surface area contributed by atoms with E-state index in [2.05, 4.69) is 0 Å². The number of hydrogen-bond donors (Lipinski definition) is 1. The zero-order valence-corrected chi connectivity index (χ0v) is 12.9. The second-order valence-corrected chi connectivity index (χ2v) is 5.82. The van der Waals surface area contributed by atoms with Crippen LogP contribution in [0.2, 0.25) is 0 Å². The monoisotopic (exact) mass is 342 g/mol. The van der Waals surface area contributed by atoms with Crippen LogP contribution in [0, 0.1) is 0 Å². The van der Waals surface area contributed by atoms with Gasteiger partial charge in [0.25, 0.3) is 0 Å². The molecular weight excluding hydrogens is 329 g/mol. The highest BCUT2D eigenvalue weighted by molar-refractivity contribution is 7.99. The molecule has 1 N–H and O–H groups in total. The average molecular weight is 342 g/mol. The van der Waals surface area contributed by atoms with Crippen LogP contribution in [0.4, 0.5) is 13.2 Å². The number of methoxy groups -OCH3 is 1. The van der Waals surface area contributed by atoms with Gasteiger partial charge in [0, 0.05) is 9.79 Å². The van der Waals surface area contributed by atoms with Crippen molar-refractivity contribution in [1.29, 1.82) is 0 Å². The number of carboxylic acids is 1. The number of hydrogen-bond acceptors (Lipinski definition) is 3. The summed E-state index contributed by atoms with van der Waals surface area (Å²) in [4.78, 5) is 11.8. The van der Waals surface area contributed by atoms with Gasteiger partial charge in [0.1, 0.15) is 5.75 Å². The first-order valence-corrected chi connectivity index (χ1v) is 7.35. The molecule has 0 amide bonds. The molecule has 0 fully saturated rings. The molecule has 0 atom stereocenters. The summed E-state index contributed by atoms with van der Waals surface area (Å²) in [5.74, 6) is -1.16. The Morgan fingerprint density at radius 2 is 1.74 bits per heavy atom. The lowest BCUT2D eigenvalue weighted by Gasteiger charge is -2.13. The van der Waals surface area contributed by atoms with Gasteiger partial charge in [0.15, 0.2) is 0 Å². The Morgan fingerprint density at radius 1 is 1.13 bits per heavy atom. The summed E-state index contributed by atoms with van der Waals surface area (Å²) < 4.78 is 43.7. The Kier molecular flexibility index (Phi) is 5.20.